The molecule has 0 aliphatic rings. The van der Waals surface area contributed by atoms with E-state index in [4.69, 9.17) is 11.6 Å². The lowest BCUT2D eigenvalue weighted by atomic mass is 10.1. The number of carbonyl (C=O) groups excluding carboxylic acids is 2. The van der Waals surface area contributed by atoms with Crippen molar-refractivity contribution in [1.82, 2.24) is 10.2 Å². The summed E-state index contributed by atoms with van der Waals surface area (Å²) < 4.78 is 29.6. The summed E-state index contributed by atoms with van der Waals surface area (Å²) in [6.45, 7) is 7.19. The van der Waals surface area contributed by atoms with Crippen molar-refractivity contribution in [3.63, 3.8) is 0 Å². The fraction of sp³-hybridized carbons (Fsp3) is 0.333. The van der Waals surface area contributed by atoms with E-state index >= 15 is 0 Å². The van der Waals surface area contributed by atoms with Gasteiger partial charge in [0.1, 0.15) is 12.6 Å². The Labute approximate surface area is 250 Å². The molecule has 7 nitrogen and oxygen atoms in total. The Morgan fingerprint density at radius 3 is 2.20 bits per heavy atom. The second-order valence-corrected chi connectivity index (χ2v) is 12.9. The van der Waals surface area contributed by atoms with Crippen LogP contribution in [0, 0.1) is 6.92 Å². The molecule has 0 aliphatic carbocycles. The lowest BCUT2D eigenvalue weighted by Gasteiger charge is -2.33. The number of aryl methyl sites for hydroxylation is 1. The van der Waals surface area contributed by atoms with Crippen LogP contribution >= 0.6 is 27.5 Å². The van der Waals surface area contributed by atoms with Crippen LogP contribution in [0.5, 0.6) is 0 Å². The van der Waals surface area contributed by atoms with Crippen molar-refractivity contribution in [3.8, 4) is 0 Å². The number of anilines is 1. The minimum Gasteiger partial charge on any atom is -0.352 e. The van der Waals surface area contributed by atoms with E-state index in [1.807, 2.05) is 27.7 Å². The van der Waals surface area contributed by atoms with Gasteiger partial charge in [0, 0.05) is 22.1 Å². The van der Waals surface area contributed by atoms with Gasteiger partial charge in [-0.2, -0.15) is 0 Å². The van der Waals surface area contributed by atoms with Crippen molar-refractivity contribution in [1.29, 1.82) is 0 Å². The zero-order valence-electron chi connectivity index (χ0n) is 23.1. The lowest BCUT2D eigenvalue weighted by Crippen LogP contribution is -2.53. The fourth-order valence-electron chi connectivity index (χ4n) is 4.14. The molecular formula is C30H35BrClN3O4S. The summed E-state index contributed by atoms with van der Waals surface area (Å²) in [5.74, 6) is -0.786. The minimum atomic E-state index is -4.12. The van der Waals surface area contributed by atoms with Crippen LogP contribution in [0.3, 0.4) is 0 Å². The van der Waals surface area contributed by atoms with Gasteiger partial charge >= 0.3 is 0 Å². The molecule has 0 aromatic heterocycles. The molecule has 3 rings (SSSR count). The summed E-state index contributed by atoms with van der Waals surface area (Å²) in [6, 6.07) is 19.4. The molecule has 0 bridgehead atoms. The predicted molar refractivity (Wildman–Crippen MR) is 164 cm³/mol. The van der Waals surface area contributed by atoms with Crippen LogP contribution in [-0.2, 0) is 26.2 Å². The molecule has 3 aromatic carbocycles. The third kappa shape index (κ3) is 8.08. The Morgan fingerprint density at radius 2 is 1.62 bits per heavy atom. The van der Waals surface area contributed by atoms with E-state index in [1.54, 1.807) is 60.7 Å². The second kappa shape index (κ2) is 14.1. The number of nitrogens with zero attached hydrogens (tertiary/aromatic N) is 2. The van der Waals surface area contributed by atoms with Gasteiger partial charge in [0.25, 0.3) is 10.0 Å². The van der Waals surface area contributed by atoms with Crippen molar-refractivity contribution >= 4 is 55.1 Å². The maximum atomic E-state index is 14.1. The number of benzene rings is 3. The molecule has 214 valence electrons. The van der Waals surface area contributed by atoms with E-state index < -0.39 is 28.5 Å². The molecule has 0 saturated heterocycles. The second-order valence-electron chi connectivity index (χ2n) is 9.69. The molecule has 3 aromatic rings. The van der Waals surface area contributed by atoms with Gasteiger partial charge in [-0.05, 0) is 74.7 Å². The van der Waals surface area contributed by atoms with Crippen LogP contribution in [0.1, 0.15) is 44.7 Å². The summed E-state index contributed by atoms with van der Waals surface area (Å²) in [4.78, 5) is 28.9. The predicted octanol–water partition coefficient (Wildman–Crippen LogP) is 6.33. The first-order valence-corrected chi connectivity index (χ1v) is 15.8. The first kappa shape index (κ1) is 31.6. The Morgan fingerprint density at radius 1 is 0.975 bits per heavy atom. The number of nitrogens with one attached hydrogen (secondary N) is 1. The van der Waals surface area contributed by atoms with Gasteiger partial charge in [-0.3, -0.25) is 13.9 Å². The molecule has 40 heavy (non-hydrogen) atoms. The Kier molecular flexibility index (Phi) is 11.2. The third-order valence-electron chi connectivity index (χ3n) is 6.64. The molecular weight excluding hydrogens is 614 g/mol. The number of carbonyl (C=O) groups is 2. The van der Waals surface area contributed by atoms with Gasteiger partial charge in [-0.1, -0.05) is 77.3 Å². The standard InChI is InChI=1S/C30H35BrClN3O4S/c1-5-22(4)33-30(37)28(6-2)34(19-23-12-14-25(32)15-13-23)29(36)20-35(26-9-7-8-24(31)18-26)40(38,39)27-16-10-21(3)11-17-27/h7-18,22,28H,5-6,19-20H2,1-4H3,(H,33,37). The van der Waals surface area contributed by atoms with Crippen molar-refractivity contribution in [2.24, 2.45) is 0 Å². The van der Waals surface area contributed by atoms with E-state index in [2.05, 4.69) is 21.2 Å². The highest BCUT2D eigenvalue weighted by Gasteiger charge is 2.34. The van der Waals surface area contributed by atoms with E-state index in [0.717, 1.165) is 21.9 Å². The van der Waals surface area contributed by atoms with Gasteiger partial charge in [0.05, 0.1) is 10.6 Å². The van der Waals surface area contributed by atoms with Gasteiger partial charge in [0.2, 0.25) is 11.8 Å². The van der Waals surface area contributed by atoms with Crippen LogP contribution in [0.2, 0.25) is 5.02 Å². The summed E-state index contributed by atoms with van der Waals surface area (Å²) in [5, 5.41) is 3.52. The van der Waals surface area contributed by atoms with E-state index in [0.29, 0.717) is 21.6 Å². The SMILES string of the molecule is CCC(C)NC(=O)C(CC)N(Cc1ccc(Cl)cc1)C(=O)CN(c1cccc(Br)c1)S(=O)(=O)c1ccc(C)cc1. The highest BCUT2D eigenvalue weighted by Crippen LogP contribution is 2.27. The van der Waals surface area contributed by atoms with E-state index in [-0.39, 0.29) is 23.4 Å². The normalized spacial score (nSPS) is 12.8. The van der Waals surface area contributed by atoms with Crippen molar-refractivity contribution in [2.45, 2.75) is 64.1 Å². The monoisotopic (exact) mass is 647 g/mol. The molecule has 2 amide bonds. The molecule has 0 heterocycles. The topological polar surface area (TPSA) is 86.8 Å². The molecule has 0 fully saturated rings. The van der Waals surface area contributed by atoms with Crippen LogP contribution in [0.4, 0.5) is 5.69 Å². The van der Waals surface area contributed by atoms with Crippen molar-refractivity contribution < 1.29 is 18.0 Å². The van der Waals surface area contributed by atoms with E-state index in [9.17, 15) is 18.0 Å². The molecule has 0 saturated carbocycles. The van der Waals surface area contributed by atoms with Crippen molar-refractivity contribution in [2.75, 3.05) is 10.8 Å². The highest BCUT2D eigenvalue weighted by atomic mass is 79.9. The average molecular weight is 649 g/mol. The maximum absolute atomic E-state index is 14.1. The summed E-state index contributed by atoms with van der Waals surface area (Å²) in [5.41, 5.74) is 2.01. The largest absolute Gasteiger partial charge is 0.352 e. The molecule has 2 unspecified atom stereocenters. The lowest BCUT2D eigenvalue weighted by molar-refractivity contribution is -0.140. The Bertz CT molecular complexity index is 1420. The fourth-order valence-corrected chi connectivity index (χ4v) is 6.06. The molecule has 2 atom stereocenters. The number of halogens is 2. The van der Waals surface area contributed by atoms with Crippen LogP contribution in [0.15, 0.2) is 82.2 Å². The maximum Gasteiger partial charge on any atom is 0.264 e. The summed E-state index contributed by atoms with van der Waals surface area (Å²) in [7, 11) is -4.12. The van der Waals surface area contributed by atoms with Gasteiger partial charge in [-0.25, -0.2) is 8.42 Å². The first-order valence-electron chi connectivity index (χ1n) is 13.2. The Hall–Kier alpha value is -2.88. The van der Waals surface area contributed by atoms with Crippen molar-refractivity contribution in [3.05, 3.63) is 93.4 Å². The highest BCUT2D eigenvalue weighted by molar-refractivity contribution is 9.10. The van der Waals surface area contributed by atoms with Crippen LogP contribution in [-0.4, -0.2) is 43.8 Å². The average Bonchev–Trinajstić information content (AvgIpc) is 2.92. The van der Waals surface area contributed by atoms with Gasteiger partial charge in [0.15, 0.2) is 0 Å². The first-order chi connectivity index (χ1) is 19.0. The van der Waals surface area contributed by atoms with Gasteiger partial charge < -0.3 is 10.2 Å². The smallest absolute Gasteiger partial charge is 0.264 e. The number of rotatable bonds is 12. The third-order valence-corrected chi connectivity index (χ3v) is 9.17. The molecule has 1 N–H and O–H groups in total. The minimum absolute atomic E-state index is 0.0664. The molecule has 10 heteroatoms. The molecule has 0 spiro atoms. The Balaban J connectivity index is 2.05. The zero-order valence-corrected chi connectivity index (χ0v) is 26.3. The van der Waals surface area contributed by atoms with Crippen LogP contribution in [0.25, 0.3) is 0 Å². The van der Waals surface area contributed by atoms with Gasteiger partial charge in [-0.15, -0.1) is 0 Å². The molecule has 0 aliphatic heterocycles. The summed E-state index contributed by atoms with van der Waals surface area (Å²) in [6.07, 6.45) is 1.09. The zero-order chi connectivity index (χ0) is 29.4. The van der Waals surface area contributed by atoms with Crippen LogP contribution < -0.4 is 9.62 Å². The number of sulfonamides is 1. The number of amides is 2. The number of hydrogen-bond donors (Lipinski definition) is 1. The molecule has 0 radical (unpaired) electrons. The number of hydrogen-bond acceptors (Lipinski definition) is 4. The summed E-state index contributed by atoms with van der Waals surface area (Å²) >= 11 is 9.48. The quantitative estimate of drug-likeness (QED) is 0.249. The van der Waals surface area contributed by atoms with E-state index in [1.165, 1.54) is 17.0 Å².